The maximum absolute atomic E-state index is 6.24. The Kier molecular flexibility index (Phi) is 4.10. The molecule has 0 aromatic carbocycles. The van der Waals surface area contributed by atoms with E-state index in [0.717, 1.165) is 6.61 Å². The number of hydrogen-bond donors (Lipinski definition) is 1. The van der Waals surface area contributed by atoms with E-state index in [-0.39, 0.29) is 5.60 Å². The molecule has 116 valence electrons. The molecule has 0 aromatic heterocycles. The van der Waals surface area contributed by atoms with Gasteiger partial charge in [0.05, 0.1) is 12.2 Å². The highest BCUT2D eigenvalue weighted by atomic mass is 16.5. The minimum atomic E-state index is 0.234. The van der Waals surface area contributed by atoms with Crippen LogP contribution in [0.15, 0.2) is 0 Å². The molecule has 4 nitrogen and oxygen atoms in total. The highest BCUT2D eigenvalue weighted by molar-refractivity contribution is 5.08. The summed E-state index contributed by atoms with van der Waals surface area (Å²) in [6.45, 7) is 12.5. The molecule has 4 saturated heterocycles. The van der Waals surface area contributed by atoms with Crippen LogP contribution in [-0.2, 0) is 4.74 Å². The van der Waals surface area contributed by atoms with Gasteiger partial charge >= 0.3 is 0 Å². The summed E-state index contributed by atoms with van der Waals surface area (Å²) in [7, 11) is 2.22. The Bertz CT molecular complexity index is 327. The molecule has 4 heterocycles. The van der Waals surface area contributed by atoms with Crippen LogP contribution < -0.4 is 5.32 Å². The van der Waals surface area contributed by atoms with Crippen molar-refractivity contribution < 1.29 is 4.74 Å². The molecule has 1 N–H and O–H groups in total. The second-order valence-electron chi connectivity index (χ2n) is 7.16. The van der Waals surface area contributed by atoms with Gasteiger partial charge in [-0.15, -0.1) is 0 Å². The number of nitrogens with one attached hydrogen (secondary N) is 1. The van der Waals surface area contributed by atoms with Gasteiger partial charge in [-0.05, 0) is 26.3 Å². The van der Waals surface area contributed by atoms with Gasteiger partial charge in [0.15, 0.2) is 0 Å². The van der Waals surface area contributed by atoms with Gasteiger partial charge in [-0.3, -0.25) is 4.90 Å². The average molecular weight is 281 g/mol. The van der Waals surface area contributed by atoms with Crippen LogP contribution in [0.5, 0.6) is 0 Å². The third kappa shape index (κ3) is 2.52. The summed E-state index contributed by atoms with van der Waals surface area (Å²) in [5, 5.41) is 3.41. The van der Waals surface area contributed by atoms with E-state index < -0.39 is 0 Å². The molecule has 0 bridgehead atoms. The lowest BCUT2D eigenvalue weighted by Gasteiger charge is -2.58. The van der Waals surface area contributed by atoms with Crippen molar-refractivity contribution in [1.29, 1.82) is 0 Å². The number of hydrogen-bond acceptors (Lipinski definition) is 4. The third-order valence-electron chi connectivity index (χ3n) is 5.68. The summed E-state index contributed by atoms with van der Waals surface area (Å²) >= 11 is 0. The van der Waals surface area contributed by atoms with Crippen LogP contribution in [0.25, 0.3) is 0 Å². The van der Waals surface area contributed by atoms with E-state index in [2.05, 4.69) is 22.2 Å². The first kappa shape index (κ1) is 14.8. The minimum absolute atomic E-state index is 0.234. The van der Waals surface area contributed by atoms with Crippen LogP contribution in [0.3, 0.4) is 0 Å². The molecule has 0 aliphatic carbocycles. The topological polar surface area (TPSA) is 27.7 Å². The van der Waals surface area contributed by atoms with Crippen molar-refractivity contribution >= 4 is 0 Å². The zero-order valence-corrected chi connectivity index (χ0v) is 13.5. The predicted octanol–water partition coefficient (Wildman–Crippen LogP) is 1.17. The van der Waals surface area contributed by atoms with Gasteiger partial charge in [0.25, 0.3) is 0 Å². The van der Waals surface area contributed by atoms with Crippen LogP contribution in [-0.4, -0.2) is 74.4 Å². The van der Waals surface area contributed by atoms with Crippen molar-refractivity contribution in [2.45, 2.75) is 44.8 Å². The van der Waals surface area contributed by atoms with Crippen molar-refractivity contribution in [2.75, 3.05) is 52.9 Å². The first-order chi connectivity index (χ1) is 9.69. The van der Waals surface area contributed by atoms with Crippen molar-refractivity contribution in [3.05, 3.63) is 0 Å². The molecular weight excluding hydrogens is 250 g/mol. The summed E-state index contributed by atoms with van der Waals surface area (Å²) in [6.07, 6.45) is 3.76. The summed E-state index contributed by atoms with van der Waals surface area (Å²) < 4.78 is 6.24. The number of ether oxygens (including phenoxy) is 1. The van der Waals surface area contributed by atoms with Crippen molar-refractivity contribution in [3.8, 4) is 0 Å². The van der Waals surface area contributed by atoms with E-state index in [1.54, 1.807) is 0 Å². The van der Waals surface area contributed by atoms with Crippen LogP contribution in [0.4, 0.5) is 0 Å². The summed E-state index contributed by atoms with van der Waals surface area (Å²) in [4.78, 5) is 5.11. The molecule has 0 aromatic rings. The first-order valence-corrected chi connectivity index (χ1v) is 8.46. The fraction of sp³-hybridized carbons (Fsp3) is 1.00. The van der Waals surface area contributed by atoms with Crippen LogP contribution in [0.2, 0.25) is 0 Å². The maximum Gasteiger partial charge on any atom is 0.0723 e. The Balaban J connectivity index is 0.000000581. The first-order valence-electron chi connectivity index (χ1n) is 8.46. The third-order valence-corrected chi connectivity index (χ3v) is 5.68. The monoisotopic (exact) mass is 281 g/mol. The van der Waals surface area contributed by atoms with Crippen molar-refractivity contribution in [2.24, 2.45) is 5.41 Å². The van der Waals surface area contributed by atoms with Gasteiger partial charge in [-0.2, -0.15) is 0 Å². The Morgan fingerprint density at radius 2 is 1.75 bits per heavy atom. The Hall–Kier alpha value is -0.160. The van der Waals surface area contributed by atoms with E-state index in [4.69, 9.17) is 4.74 Å². The van der Waals surface area contributed by atoms with Gasteiger partial charge in [0, 0.05) is 50.7 Å². The molecule has 4 rings (SSSR count). The molecular formula is C16H31N3O. The lowest BCUT2D eigenvalue weighted by molar-refractivity contribution is -0.0670. The zero-order chi connectivity index (χ0) is 14.2. The molecule has 2 spiro atoms. The quantitative estimate of drug-likeness (QED) is 0.781. The normalized spacial score (nSPS) is 35.2. The van der Waals surface area contributed by atoms with Gasteiger partial charge in [0.1, 0.15) is 0 Å². The lowest BCUT2D eigenvalue weighted by Crippen LogP contribution is -2.72. The van der Waals surface area contributed by atoms with Gasteiger partial charge in [-0.1, -0.05) is 13.8 Å². The largest absolute Gasteiger partial charge is 0.373 e. The molecule has 4 heteroatoms. The summed E-state index contributed by atoms with van der Waals surface area (Å²) in [6, 6.07) is 0.708. The van der Waals surface area contributed by atoms with Crippen LogP contribution >= 0.6 is 0 Å². The van der Waals surface area contributed by atoms with Gasteiger partial charge in [0.2, 0.25) is 0 Å². The fourth-order valence-electron chi connectivity index (χ4n) is 4.20. The van der Waals surface area contributed by atoms with E-state index in [1.165, 1.54) is 58.5 Å². The smallest absolute Gasteiger partial charge is 0.0723 e. The second-order valence-corrected chi connectivity index (χ2v) is 7.16. The zero-order valence-electron chi connectivity index (χ0n) is 13.5. The summed E-state index contributed by atoms with van der Waals surface area (Å²) in [5.41, 5.74) is 0.889. The average Bonchev–Trinajstić information content (AvgIpc) is 2.77. The van der Waals surface area contributed by atoms with Crippen LogP contribution in [0, 0.1) is 5.41 Å². The lowest BCUT2D eigenvalue weighted by atomic mass is 9.73. The van der Waals surface area contributed by atoms with E-state index in [9.17, 15) is 0 Å². The molecule has 20 heavy (non-hydrogen) atoms. The molecule has 1 atom stereocenters. The molecule has 0 radical (unpaired) electrons. The fourth-order valence-corrected chi connectivity index (χ4v) is 4.20. The van der Waals surface area contributed by atoms with Gasteiger partial charge < -0.3 is 15.0 Å². The summed E-state index contributed by atoms with van der Waals surface area (Å²) in [5.74, 6) is 0. The standard InChI is InChI=1S/C14H25N3O.C2H6/c1-16-4-2-14(3-5-16)6-12(7-18-14)17-10-13(11-17)8-15-9-13;1-2/h12,15H,2-11H2,1H3;1-2H3. The molecule has 4 fully saturated rings. The van der Waals surface area contributed by atoms with Gasteiger partial charge in [-0.25, -0.2) is 0 Å². The number of rotatable bonds is 1. The Morgan fingerprint density at radius 3 is 2.30 bits per heavy atom. The SMILES string of the molecule is CC.CN1CCC2(CC1)CC(N1CC3(CNC3)C1)CO2. The second kappa shape index (κ2) is 5.56. The molecule has 0 saturated carbocycles. The Labute approximate surface area is 123 Å². The van der Waals surface area contributed by atoms with E-state index in [1.807, 2.05) is 13.8 Å². The highest BCUT2D eigenvalue weighted by Gasteiger charge is 2.52. The molecule has 4 aliphatic heterocycles. The molecule has 0 amide bonds. The van der Waals surface area contributed by atoms with Crippen molar-refractivity contribution in [3.63, 3.8) is 0 Å². The molecule has 1 unspecified atom stereocenters. The van der Waals surface area contributed by atoms with Crippen LogP contribution in [0.1, 0.15) is 33.1 Å². The predicted molar refractivity (Wildman–Crippen MR) is 82.0 cm³/mol. The Morgan fingerprint density at radius 1 is 1.10 bits per heavy atom. The maximum atomic E-state index is 6.24. The number of piperidine rings is 1. The highest BCUT2D eigenvalue weighted by Crippen LogP contribution is 2.42. The van der Waals surface area contributed by atoms with E-state index in [0.29, 0.717) is 11.5 Å². The minimum Gasteiger partial charge on any atom is -0.373 e. The van der Waals surface area contributed by atoms with E-state index >= 15 is 0 Å². The number of nitrogens with zero attached hydrogens (tertiary/aromatic N) is 2. The number of likely N-dealkylation sites (tertiary alicyclic amines) is 2. The molecule has 4 aliphatic rings. The van der Waals surface area contributed by atoms with Crippen molar-refractivity contribution in [1.82, 2.24) is 15.1 Å².